The molecule has 0 fully saturated rings. The monoisotopic (exact) mass is 305 g/mol. The predicted octanol–water partition coefficient (Wildman–Crippen LogP) is 1.48. The van der Waals surface area contributed by atoms with Crippen molar-refractivity contribution in [3.8, 4) is 5.75 Å². The molecular formula is C16H23N3O3. The fourth-order valence-corrected chi connectivity index (χ4v) is 2.63. The molecule has 2 amide bonds. The van der Waals surface area contributed by atoms with Gasteiger partial charge in [0.15, 0.2) is 6.10 Å². The van der Waals surface area contributed by atoms with Gasteiger partial charge in [0.1, 0.15) is 12.3 Å². The summed E-state index contributed by atoms with van der Waals surface area (Å²) < 4.78 is 5.72. The summed E-state index contributed by atoms with van der Waals surface area (Å²) >= 11 is 0. The average Bonchev–Trinajstić information content (AvgIpc) is 2.49. The zero-order valence-corrected chi connectivity index (χ0v) is 13.0. The lowest BCUT2D eigenvalue weighted by molar-refractivity contribution is -0.128. The molecule has 0 spiro atoms. The summed E-state index contributed by atoms with van der Waals surface area (Å²) in [5.74, 6) is -0.213. The molecule has 1 aliphatic rings. The minimum atomic E-state index is -0.581. The Morgan fingerprint density at radius 2 is 2.14 bits per heavy atom. The van der Waals surface area contributed by atoms with E-state index < -0.39 is 12.0 Å². The second-order valence-electron chi connectivity index (χ2n) is 5.53. The van der Waals surface area contributed by atoms with Gasteiger partial charge in [0, 0.05) is 6.04 Å². The molecule has 0 bridgehead atoms. The summed E-state index contributed by atoms with van der Waals surface area (Å²) in [5, 5.41) is 0. The molecule has 2 unspecified atom stereocenters. The third kappa shape index (κ3) is 3.22. The topological polar surface area (TPSA) is 98.6 Å². The van der Waals surface area contributed by atoms with E-state index in [0.29, 0.717) is 17.9 Å². The first-order valence-corrected chi connectivity index (χ1v) is 7.63. The number of nitrogens with two attached hydrogens (primary N) is 2. The number of hydrogen-bond donors (Lipinski definition) is 2. The van der Waals surface area contributed by atoms with E-state index in [1.165, 1.54) is 4.90 Å². The van der Waals surface area contributed by atoms with Crippen LogP contribution in [0.5, 0.6) is 5.75 Å². The smallest absolute Gasteiger partial charge is 0.268 e. The number of amides is 2. The molecule has 1 aromatic rings. The number of carbonyl (C=O) groups excluding carboxylic acids is 2. The Morgan fingerprint density at radius 3 is 2.73 bits per heavy atom. The van der Waals surface area contributed by atoms with Gasteiger partial charge < -0.3 is 16.2 Å². The molecule has 1 aliphatic heterocycles. The molecule has 0 aliphatic carbocycles. The fourth-order valence-electron chi connectivity index (χ4n) is 2.63. The van der Waals surface area contributed by atoms with Crippen LogP contribution >= 0.6 is 0 Å². The van der Waals surface area contributed by atoms with Gasteiger partial charge in [0.25, 0.3) is 5.91 Å². The van der Waals surface area contributed by atoms with Gasteiger partial charge in [0.2, 0.25) is 5.91 Å². The van der Waals surface area contributed by atoms with Crippen molar-refractivity contribution in [3.05, 3.63) is 23.8 Å². The van der Waals surface area contributed by atoms with Gasteiger partial charge in [0.05, 0.1) is 5.69 Å². The van der Waals surface area contributed by atoms with E-state index in [1.54, 1.807) is 0 Å². The van der Waals surface area contributed by atoms with Crippen LogP contribution in [0.1, 0.15) is 44.7 Å². The van der Waals surface area contributed by atoms with Crippen LogP contribution in [0.25, 0.3) is 0 Å². The number of ether oxygens (including phenoxy) is 1. The van der Waals surface area contributed by atoms with Crippen LogP contribution in [-0.2, 0) is 9.59 Å². The SMILES string of the molecule is CCCC(N)c1ccc2c(c1)N(CC(N)=O)C(=O)C(CC)O2. The summed E-state index contributed by atoms with van der Waals surface area (Å²) in [7, 11) is 0. The highest BCUT2D eigenvalue weighted by Gasteiger charge is 2.34. The first-order chi connectivity index (χ1) is 10.5. The first kappa shape index (κ1) is 16.3. The van der Waals surface area contributed by atoms with E-state index >= 15 is 0 Å². The molecule has 0 saturated heterocycles. The van der Waals surface area contributed by atoms with Crippen LogP contribution in [0, 0.1) is 0 Å². The number of nitrogens with zero attached hydrogens (tertiary/aromatic N) is 1. The van der Waals surface area contributed by atoms with Crippen molar-refractivity contribution >= 4 is 17.5 Å². The van der Waals surface area contributed by atoms with Crippen molar-refractivity contribution in [2.75, 3.05) is 11.4 Å². The van der Waals surface area contributed by atoms with Crippen LogP contribution < -0.4 is 21.1 Å². The van der Waals surface area contributed by atoms with Gasteiger partial charge >= 0.3 is 0 Å². The van der Waals surface area contributed by atoms with Gasteiger partial charge in [-0.2, -0.15) is 0 Å². The van der Waals surface area contributed by atoms with E-state index in [1.807, 2.05) is 25.1 Å². The van der Waals surface area contributed by atoms with Crippen molar-refractivity contribution < 1.29 is 14.3 Å². The Hall–Kier alpha value is -2.08. The van der Waals surface area contributed by atoms with Crippen molar-refractivity contribution in [3.63, 3.8) is 0 Å². The Labute approximate surface area is 130 Å². The van der Waals surface area contributed by atoms with Gasteiger partial charge in [-0.05, 0) is 30.5 Å². The molecule has 0 radical (unpaired) electrons. The number of primary amides is 1. The van der Waals surface area contributed by atoms with Crippen LogP contribution in [0.3, 0.4) is 0 Å². The third-order valence-corrected chi connectivity index (χ3v) is 3.80. The highest BCUT2D eigenvalue weighted by molar-refractivity contribution is 6.03. The summed E-state index contributed by atoms with van der Waals surface area (Å²) in [6, 6.07) is 5.43. The fraction of sp³-hybridized carbons (Fsp3) is 0.500. The van der Waals surface area contributed by atoms with Crippen LogP contribution in [0.15, 0.2) is 18.2 Å². The minimum absolute atomic E-state index is 0.107. The van der Waals surface area contributed by atoms with Crippen molar-refractivity contribution in [1.29, 1.82) is 0 Å². The Kier molecular flexibility index (Phi) is 5.03. The largest absolute Gasteiger partial charge is 0.478 e. The molecule has 6 heteroatoms. The lowest BCUT2D eigenvalue weighted by Crippen LogP contribution is -2.48. The van der Waals surface area contributed by atoms with Crippen molar-refractivity contribution in [2.24, 2.45) is 11.5 Å². The standard InChI is InChI=1S/C16H23N3O3/c1-3-5-11(17)10-6-7-14-12(8-10)19(9-15(18)20)16(21)13(4-2)22-14/h6-8,11,13H,3-5,9,17H2,1-2H3,(H2,18,20). The van der Waals surface area contributed by atoms with Gasteiger partial charge in [-0.1, -0.05) is 26.3 Å². The predicted molar refractivity (Wildman–Crippen MR) is 84.5 cm³/mol. The maximum Gasteiger partial charge on any atom is 0.268 e. The number of carbonyl (C=O) groups is 2. The Bertz CT molecular complexity index is 574. The Morgan fingerprint density at radius 1 is 1.41 bits per heavy atom. The summed E-state index contributed by atoms with van der Waals surface area (Å²) in [4.78, 5) is 25.1. The maximum absolute atomic E-state index is 12.4. The lowest BCUT2D eigenvalue weighted by Gasteiger charge is -2.34. The molecule has 6 nitrogen and oxygen atoms in total. The molecular weight excluding hydrogens is 282 g/mol. The molecule has 4 N–H and O–H groups in total. The second-order valence-corrected chi connectivity index (χ2v) is 5.53. The first-order valence-electron chi connectivity index (χ1n) is 7.63. The summed E-state index contributed by atoms with van der Waals surface area (Å²) in [6.07, 6.45) is 1.77. The lowest BCUT2D eigenvalue weighted by atomic mass is 10.0. The molecule has 1 heterocycles. The molecule has 0 saturated carbocycles. The molecule has 22 heavy (non-hydrogen) atoms. The van der Waals surface area contributed by atoms with Crippen LogP contribution in [-0.4, -0.2) is 24.5 Å². The zero-order valence-electron chi connectivity index (χ0n) is 13.0. The molecule has 0 aromatic heterocycles. The number of rotatable bonds is 6. The van der Waals surface area contributed by atoms with Crippen LogP contribution in [0.4, 0.5) is 5.69 Å². The molecule has 120 valence electrons. The van der Waals surface area contributed by atoms with Crippen LogP contribution in [0.2, 0.25) is 0 Å². The second kappa shape index (κ2) is 6.79. The van der Waals surface area contributed by atoms with E-state index in [9.17, 15) is 9.59 Å². The van der Waals surface area contributed by atoms with Gasteiger partial charge in [-0.15, -0.1) is 0 Å². The Balaban J connectivity index is 2.41. The van der Waals surface area contributed by atoms with Gasteiger partial charge in [-0.25, -0.2) is 0 Å². The number of anilines is 1. The van der Waals surface area contributed by atoms with E-state index in [0.717, 1.165) is 18.4 Å². The third-order valence-electron chi connectivity index (χ3n) is 3.80. The summed E-state index contributed by atoms with van der Waals surface area (Å²) in [6.45, 7) is 3.77. The normalized spacial score (nSPS) is 18.6. The average molecular weight is 305 g/mol. The van der Waals surface area contributed by atoms with Crippen molar-refractivity contribution in [1.82, 2.24) is 0 Å². The highest BCUT2D eigenvalue weighted by atomic mass is 16.5. The molecule has 2 atom stereocenters. The van der Waals surface area contributed by atoms with E-state index in [-0.39, 0.29) is 18.5 Å². The quantitative estimate of drug-likeness (QED) is 0.831. The van der Waals surface area contributed by atoms with E-state index in [2.05, 4.69) is 6.92 Å². The minimum Gasteiger partial charge on any atom is -0.478 e. The maximum atomic E-state index is 12.4. The zero-order chi connectivity index (χ0) is 16.3. The molecule has 2 rings (SSSR count). The number of fused-ring (bicyclic) bond motifs is 1. The molecule has 1 aromatic carbocycles. The number of benzene rings is 1. The number of hydrogen-bond acceptors (Lipinski definition) is 4. The van der Waals surface area contributed by atoms with Crippen molar-refractivity contribution in [2.45, 2.75) is 45.3 Å². The van der Waals surface area contributed by atoms with Gasteiger partial charge in [-0.3, -0.25) is 14.5 Å². The summed E-state index contributed by atoms with van der Waals surface area (Å²) in [5.41, 5.74) is 12.9. The van der Waals surface area contributed by atoms with E-state index in [4.69, 9.17) is 16.2 Å². The highest BCUT2D eigenvalue weighted by Crippen LogP contribution is 2.36.